The zero-order chi connectivity index (χ0) is 6.04. The Kier molecular flexibility index (Phi) is 2.14. The molecular weight excluding hydrogens is 279 g/mol. The van der Waals surface area contributed by atoms with Crippen LogP contribution in [0.4, 0.5) is 0 Å². The monoisotopic (exact) mass is 284 g/mol. The van der Waals surface area contributed by atoms with Gasteiger partial charge in [-0.05, 0) is 6.42 Å². The molecule has 0 fully saturated rings. The van der Waals surface area contributed by atoms with Gasteiger partial charge in [0.25, 0.3) is 0 Å². The zero-order valence-corrected chi connectivity index (χ0v) is 8.02. The molecule has 44 valence electrons. The maximum absolute atomic E-state index is 3.54. The SMILES string of the molecule is BrC1(I)C=CC=CC1. The van der Waals surface area contributed by atoms with Gasteiger partial charge < -0.3 is 0 Å². The quantitative estimate of drug-likeness (QED) is 0.474. The van der Waals surface area contributed by atoms with Gasteiger partial charge in [0.15, 0.2) is 0 Å². The molecule has 1 aliphatic carbocycles. The highest BCUT2D eigenvalue weighted by molar-refractivity contribution is 14.1. The summed E-state index contributed by atoms with van der Waals surface area (Å²) in [5.41, 5.74) is 0. The third-order valence-corrected chi connectivity index (χ3v) is 2.37. The molecule has 1 rings (SSSR count). The van der Waals surface area contributed by atoms with Crippen molar-refractivity contribution < 1.29 is 0 Å². The van der Waals surface area contributed by atoms with Crippen LogP contribution in [0.1, 0.15) is 6.42 Å². The molecule has 1 atom stereocenters. The maximum atomic E-state index is 3.54. The minimum absolute atomic E-state index is 0.194. The second-order valence-electron chi connectivity index (χ2n) is 1.75. The molecule has 0 aliphatic heterocycles. The first-order valence-corrected chi connectivity index (χ1v) is 4.30. The van der Waals surface area contributed by atoms with Crippen molar-refractivity contribution >= 4 is 38.5 Å². The van der Waals surface area contributed by atoms with E-state index in [0.717, 1.165) is 6.42 Å². The zero-order valence-electron chi connectivity index (χ0n) is 4.27. The summed E-state index contributed by atoms with van der Waals surface area (Å²) in [5, 5.41) is 0. The van der Waals surface area contributed by atoms with E-state index in [1.165, 1.54) is 0 Å². The Labute approximate surface area is 71.3 Å². The first-order valence-electron chi connectivity index (χ1n) is 2.43. The highest BCUT2D eigenvalue weighted by atomic mass is 127. The molecule has 0 spiro atoms. The van der Waals surface area contributed by atoms with E-state index in [4.69, 9.17) is 0 Å². The van der Waals surface area contributed by atoms with Crippen LogP contribution in [0.3, 0.4) is 0 Å². The molecule has 0 aromatic heterocycles. The lowest BCUT2D eigenvalue weighted by molar-refractivity contribution is 1.05. The fourth-order valence-electron chi connectivity index (χ4n) is 0.568. The maximum Gasteiger partial charge on any atom is 0.0986 e. The Bertz CT molecular complexity index is 135. The van der Waals surface area contributed by atoms with Gasteiger partial charge in [0, 0.05) is 0 Å². The smallest absolute Gasteiger partial charge is 0.0820 e. The second-order valence-corrected chi connectivity index (χ2v) is 6.57. The van der Waals surface area contributed by atoms with Crippen molar-refractivity contribution in [1.82, 2.24) is 0 Å². The molecule has 0 nitrogen and oxygen atoms in total. The van der Waals surface area contributed by atoms with Crippen molar-refractivity contribution in [2.24, 2.45) is 0 Å². The normalized spacial score (nSPS) is 35.8. The summed E-state index contributed by atoms with van der Waals surface area (Å²) in [6.07, 6.45) is 9.52. The van der Waals surface area contributed by atoms with Crippen molar-refractivity contribution in [2.75, 3.05) is 0 Å². The van der Waals surface area contributed by atoms with E-state index in [1.54, 1.807) is 0 Å². The molecule has 0 saturated carbocycles. The van der Waals surface area contributed by atoms with E-state index in [9.17, 15) is 0 Å². The molecule has 0 radical (unpaired) electrons. The topological polar surface area (TPSA) is 0 Å². The number of halogens is 2. The molecule has 0 bridgehead atoms. The number of allylic oxidation sites excluding steroid dienone is 4. The lowest BCUT2D eigenvalue weighted by Gasteiger charge is -2.14. The Morgan fingerprint density at radius 3 is 2.50 bits per heavy atom. The summed E-state index contributed by atoms with van der Waals surface area (Å²) in [4.78, 5) is 0. The summed E-state index contributed by atoms with van der Waals surface area (Å²) < 4.78 is 0.194. The van der Waals surface area contributed by atoms with Crippen LogP contribution in [-0.2, 0) is 0 Å². The third kappa shape index (κ3) is 1.90. The highest BCUT2D eigenvalue weighted by Gasteiger charge is 2.16. The Morgan fingerprint density at radius 1 is 1.50 bits per heavy atom. The summed E-state index contributed by atoms with van der Waals surface area (Å²) in [6.45, 7) is 0. The minimum Gasteiger partial charge on any atom is -0.0820 e. The van der Waals surface area contributed by atoms with Crippen molar-refractivity contribution in [3.05, 3.63) is 24.3 Å². The van der Waals surface area contributed by atoms with Crippen LogP contribution >= 0.6 is 38.5 Å². The van der Waals surface area contributed by atoms with Crippen LogP contribution in [0.2, 0.25) is 0 Å². The van der Waals surface area contributed by atoms with Gasteiger partial charge in [-0.25, -0.2) is 0 Å². The van der Waals surface area contributed by atoms with Crippen molar-refractivity contribution in [2.45, 2.75) is 8.75 Å². The lowest BCUT2D eigenvalue weighted by Crippen LogP contribution is -2.05. The molecule has 0 amide bonds. The van der Waals surface area contributed by atoms with Crippen LogP contribution in [0.25, 0.3) is 0 Å². The van der Waals surface area contributed by atoms with E-state index in [0.29, 0.717) is 0 Å². The summed E-state index contributed by atoms with van der Waals surface area (Å²) in [6, 6.07) is 0. The predicted molar refractivity (Wildman–Crippen MR) is 48.6 cm³/mol. The van der Waals surface area contributed by atoms with Crippen LogP contribution in [-0.4, -0.2) is 2.33 Å². The lowest BCUT2D eigenvalue weighted by atomic mass is 10.2. The fourth-order valence-corrected chi connectivity index (χ4v) is 1.37. The Morgan fingerprint density at radius 2 is 2.25 bits per heavy atom. The van der Waals surface area contributed by atoms with E-state index in [2.05, 4.69) is 62.8 Å². The number of rotatable bonds is 0. The van der Waals surface area contributed by atoms with Gasteiger partial charge in [0.05, 0.1) is 2.33 Å². The van der Waals surface area contributed by atoms with Gasteiger partial charge in [-0.3, -0.25) is 0 Å². The molecule has 1 aliphatic rings. The van der Waals surface area contributed by atoms with E-state index in [-0.39, 0.29) is 2.33 Å². The average Bonchev–Trinajstić information content (AvgIpc) is 1.65. The standard InChI is InChI=1S/C6H6BrI/c7-6(8)4-2-1-3-5-6/h1-4H,5H2. The van der Waals surface area contributed by atoms with E-state index < -0.39 is 0 Å². The first kappa shape index (κ1) is 6.81. The molecule has 1 unspecified atom stereocenters. The van der Waals surface area contributed by atoms with Gasteiger partial charge >= 0.3 is 0 Å². The van der Waals surface area contributed by atoms with Gasteiger partial charge in [-0.1, -0.05) is 62.8 Å². The number of hydrogen-bond donors (Lipinski definition) is 0. The first-order chi connectivity index (χ1) is 3.71. The molecule has 0 aromatic rings. The van der Waals surface area contributed by atoms with Gasteiger partial charge in [0.2, 0.25) is 0 Å². The fraction of sp³-hybridized carbons (Fsp3) is 0.333. The van der Waals surface area contributed by atoms with Crippen LogP contribution in [0, 0.1) is 0 Å². The number of hydrogen-bond acceptors (Lipinski definition) is 0. The van der Waals surface area contributed by atoms with Crippen LogP contribution in [0.5, 0.6) is 0 Å². The predicted octanol–water partition coefficient (Wildman–Crippen LogP) is 3.03. The summed E-state index contributed by atoms with van der Waals surface area (Å²) >= 11 is 5.91. The van der Waals surface area contributed by atoms with E-state index in [1.807, 2.05) is 0 Å². The third-order valence-electron chi connectivity index (χ3n) is 0.977. The molecular formula is C6H6BrI. The molecule has 0 heterocycles. The molecule has 0 aromatic carbocycles. The number of alkyl halides is 2. The highest BCUT2D eigenvalue weighted by Crippen LogP contribution is 2.34. The Balaban J connectivity index is 2.65. The molecule has 0 N–H and O–H groups in total. The van der Waals surface area contributed by atoms with Gasteiger partial charge in [-0.15, -0.1) is 0 Å². The van der Waals surface area contributed by atoms with Gasteiger partial charge in [0.1, 0.15) is 0 Å². The second kappa shape index (κ2) is 2.52. The van der Waals surface area contributed by atoms with Crippen molar-refractivity contribution in [1.29, 1.82) is 0 Å². The van der Waals surface area contributed by atoms with Crippen molar-refractivity contribution in [3.8, 4) is 0 Å². The molecule has 2 heteroatoms. The van der Waals surface area contributed by atoms with E-state index >= 15 is 0 Å². The Hall–Kier alpha value is 0.690. The van der Waals surface area contributed by atoms with Gasteiger partial charge in [-0.2, -0.15) is 0 Å². The van der Waals surface area contributed by atoms with Crippen LogP contribution < -0.4 is 0 Å². The average molecular weight is 285 g/mol. The minimum atomic E-state index is 0.194. The molecule has 0 saturated heterocycles. The van der Waals surface area contributed by atoms with Crippen molar-refractivity contribution in [3.63, 3.8) is 0 Å². The summed E-state index contributed by atoms with van der Waals surface area (Å²) in [7, 11) is 0. The summed E-state index contributed by atoms with van der Waals surface area (Å²) in [5.74, 6) is 0. The molecule has 8 heavy (non-hydrogen) atoms. The van der Waals surface area contributed by atoms with Crippen LogP contribution in [0.15, 0.2) is 24.3 Å². The largest absolute Gasteiger partial charge is 0.0986 e.